The van der Waals surface area contributed by atoms with E-state index in [9.17, 15) is 9.59 Å². The minimum absolute atomic E-state index is 0.0816. The topological polar surface area (TPSA) is 158 Å². The quantitative estimate of drug-likeness (QED) is 0.381. The molecule has 1 saturated heterocycles. The lowest BCUT2D eigenvalue weighted by atomic mass is 10.1. The summed E-state index contributed by atoms with van der Waals surface area (Å²) in [6.45, 7) is 1.05. The van der Waals surface area contributed by atoms with Crippen molar-refractivity contribution >= 4 is 48.1 Å². The molecule has 0 unspecified atom stereocenters. The summed E-state index contributed by atoms with van der Waals surface area (Å²) < 4.78 is 4.65. The highest BCUT2D eigenvalue weighted by molar-refractivity contribution is 6.32. The van der Waals surface area contributed by atoms with Crippen molar-refractivity contribution in [1.29, 1.82) is 0 Å². The number of esters is 1. The first-order valence-corrected chi connectivity index (χ1v) is 10.0. The highest BCUT2D eigenvalue weighted by Gasteiger charge is 2.22. The number of piperidine rings is 1. The van der Waals surface area contributed by atoms with Gasteiger partial charge in [-0.25, -0.2) is 14.6 Å². The van der Waals surface area contributed by atoms with Gasteiger partial charge in [0.1, 0.15) is 5.82 Å². The minimum Gasteiger partial charge on any atom is -0.483 e. The normalized spacial score (nSPS) is 12.6. The average Bonchev–Trinajstić information content (AvgIpc) is 2.81. The zero-order chi connectivity index (χ0) is 24.6. The number of carbonyl (C=O) groups excluding carboxylic acids is 2. The number of halogens is 1. The van der Waals surface area contributed by atoms with E-state index in [0.29, 0.717) is 16.3 Å². The summed E-state index contributed by atoms with van der Waals surface area (Å²) in [6.07, 6.45) is 3.34. The fourth-order valence-corrected chi connectivity index (χ4v) is 3.25. The van der Waals surface area contributed by atoms with Crippen molar-refractivity contribution in [3.63, 3.8) is 0 Å². The number of carboxylic acid groups (broad SMARTS) is 2. The Hall–Kier alpha value is -3.86. The summed E-state index contributed by atoms with van der Waals surface area (Å²) >= 11 is 6.20. The lowest BCUT2D eigenvalue weighted by molar-refractivity contribution is -0.123. The van der Waals surface area contributed by atoms with E-state index >= 15 is 0 Å². The van der Waals surface area contributed by atoms with Gasteiger partial charge in [-0.15, -0.1) is 0 Å². The molecule has 1 aromatic carbocycles. The number of benzene rings is 1. The second kappa shape index (κ2) is 15.0. The maximum Gasteiger partial charge on any atom is 0.337 e. The van der Waals surface area contributed by atoms with Crippen molar-refractivity contribution in [3.8, 4) is 0 Å². The number of urea groups is 1. The van der Waals surface area contributed by atoms with Crippen molar-refractivity contribution in [2.75, 3.05) is 30.4 Å². The number of aromatic nitrogens is 1. The first kappa shape index (κ1) is 27.2. The maximum atomic E-state index is 12.2. The number of amides is 2. The molecule has 2 aromatic rings. The smallest absolute Gasteiger partial charge is 0.337 e. The minimum atomic E-state index is -0.411. The van der Waals surface area contributed by atoms with E-state index in [1.165, 1.54) is 7.11 Å². The Morgan fingerprint density at radius 1 is 1.12 bits per heavy atom. The van der Waals surface area contributed by atoms with Crippen LogP contribution in [0, 0.1) is 0 Å². The third-order valence-corrected chi connectivity index (χ3v) is 4.73. The first-order valence-electron chi connectivity index (χ1n) is 9.67. The number of pyridine rings is 1. The van der Waals surface area contributed by atoms with Gasteiger partial charge >= 0.3 is 12.0 Å². The molecule has 33 heavy (non-hydrogen) atoms. The van der Waals surface area contributed by atoms with E-state index in [1.807, 2.05) is 12.1 Å². The molecule has 0 spiro atoms. The first-order chi connectivity index (χ1) is 15.9. The number of anilines is 2. The Labute approximate surface area is 195 Å². The van der Waals surface area contributed by atoms with Crippen molar-refractivity contribution in [1.82, 2.24) is 10.3 Å². The van der Waals surface area contributed by atoms with E-state index < -0.39 is 5.97 Å². The zero-order valence-corrected chi connectivity index (χ0v) is 18.6. The number of rotatable bonds is 4. The van der Waals surface area contributed by atoms with E-state index in [4.69, 9.17) is 31.4 Å². The van der Waals surface area contributed by atoms with Crippen LogP contribution in [0.2, 0.25) is 5.02 Å². The molecular weight excluding hydrogens is 456 g/mol. The number of nitrogens with one attached hydrogen (secondary N) is 2. The van der Waals surface area contributed by atoms with E-state index in [1.54, 1.807) is 30.5 Å². The molecule has 0 bridgehead atoms. The average molecular weight is 481 g/mol. The molecule has 0 aliphatic carbocycles. The Morgan fingerprint density at radius 2 is 1.70 bits per heavy atom. The standard InChI is InChI=1S/C19H21ClN4O3.2CH2O2/c1-27-18(25)13-4-6-14(7-5-13)22-19(26)23-15-8-11-24(12-9-15)17-16(20)3-2-10-21-17;2*2-1-3/h2-7,10,15H,8-9,11-12H2,1H3,(H2,22,23,26);2*1H,(H,2,3). The largest absolute Gasteiger partial charge is 0.483 e. The van der Waals surface area contributed by atoms with Crippen LogP contribution in [-0.4, -0.2) is 66.4 Å². The fraction of sp³-hybridized carbons (Fsp3) is 0.286. The van der Waals surface area contributed by atoms with Gasteiger partial charge in [0.15, 0.2) is 0 Å². The van der Waals surface area contributed by atoms with Gasteiger partial charge in [0.25, 0.3) is 12.9 Å². The van der Waals surface area contributed by atoms with Crippen molar-refractivity contribution in [3.05, 3.63) is 53.2 Å². The van der Waals surface area contributed by atoms with Gasteiger partial charge in [-0.3, -0.25) is 9.59 Å². The van der Waals surface area contributed by atoms with Crippen LogP contribution >= 0.6 is 11.6 Å². The molecule has 3 rings (SSSR count). The molecule has 0 radical (unpaired) electrons. The van der Waals surface area contributed by atoms with Crippen LogP contribution in [0.25, 0.3) is 0 Å². The lowest BCUT2D eigenvalue weighted by Crippen LogP contribution is -2.46. The molecule has 1 fully saturated rings. The van der Waals surface area contributed by atoms with Crippen LogP contribution < -0.4 is 15.5 Å². The summed E-state index contributed by atoms with van der Waals surface area (Å²) in [5.74, 6) is 0.374. The number of ether oxygens (including phenoxy) is 1. The molecule has 11 nitrogen and oxygen atoms in total. The number of hydrogen-bond acceptors (Lipinski definition) is 7. The monoisotopic (exact) mass is 480 g/mol. The summed E-state index contributed by atoms with van der Waals surface area (Å²) in [5.41, 5.74) is 1.04. The highest BCUT2D eigenvalue weighted by Crippen LogP contribution is 2.25. The zero-order valence-electron chi connectivity index (χ0n) is 17.8. The maximum absolute atomic E-state index is 12.2. The molecule has 1 aliphatic rings. The Morgan fingerprint density at radius 3 is 2.21 bits per heavy atom. The Balaban J connectivity index is 0.000000819. The summed E-state index contributed by atoms with van der Waals surface area (Å²) in [5, 5.41) is 20.2. The number of methoxy groups -OCH3 is 1. The Bertz CT molecular complexity index is 898. The molecule has 0 saturated carbocycles. The number of hydrogen-bond donors (Lipinski definition) is 4. The molecule has 4 N–H and O–H groups in total. The lowest BCUT2D eigenvalue weighted by Gasteiger charge is -2.33. The van der Waals surface area contributed by atoms with E-state index in [-0.39, 0.29) is 25.0 Å². The van der Waals surface area contributed by atoms with Crippen LogP contribution in [0.5, 0.6) is 0 Å². The molecule has 0 atom stereocenters. The van der Waals surface area contributed by atoms with Gasteiger partial charge in [-0.05, 0) is 49.2 Å². The van der Waals surface area contributed by atoms with Crippen LogP contribution in [0.3, 0.4) is 0 Å². The molecule has 2 amide bonds. The second-order valence-corrected chi connectivity index (χ2v) is 6.86. The van der Waals surface area contributed by atoms with Gasteiger partial charge in [0, 0.05) is 31.0 Å². The molecule has 178 valence electrons. The predicted octanol–water partition coefficient (Wildman–Crippen LogP) is 2.71. The van der Waals surface area contributed by atoms with Gasteiger partial charge in [0.05, 0.1) is 17.7 Å². The SMILES string of the molecule is COC(=O)c1ccc(NC(=O)NC2CCN(c3ncccc3Cl)CC2)cc1.O=CO.O=CO. The molecule has 1 aliphatic heterocycles. The second-order valence-electron chi connectivity index (χ2n) is 6.45. The third kappa shape index (κ3) is 9.44. The fourth-order valence-electron chi connectivity index (χ4n) is 3.01. The van der Waals surface area contributed by atoms with Crippen molar-refractivity contribution in [2.24, 2.45) is 0 Å². The van der Waals surface area contributed by atoms with E-state index in [0.717, 1.165) is 31.7 Å². The van der Waals surface area contributed by atoms with Crippen LogP contribution in [0.4, 0.5) is 16.3 Å². The van der Waals surface area contributed by atoms with E-state index in [2.05, 4.69) is 25.3 Å². The van der Waals surface area contributed by atoms with Crippen molar-refractivity contribution in [2.45, 2.75) is 18.9 Å². The van der Waals surface area contributed by atoms with Gasteiger partial charge in [-0.1, -0.05) is 11.6 Å². The summed E-state index contributed by atoms with van der Waals surface area (Å²) in [7, 11) is 1.33. The van der Waals surface area contributed by atoms with Crippen molar-refractivity contribution < 1.29 is 34.1 Å². The number of nitrogens with zero attached hydrogens (tertiary/aromatic N) is 2. The summed E-state index contributed by atoms with van der Waals surface area (Å²) in [4.78, 5) is 46.8. The number of carbonyl (C=O) groups is 4. The third-order valence-electron chi connectivity index (χ3n) is 4.43. The highest BCUT2D eigenvalue weighted by atomic mass is 35.5. The predicted molar refractivity (Wildman–Crippen MR) is 122 cm³/mol. The molecule has 2 heterocycles. The van der Waals surface area contributed by atoms with Crippen LogP contribution in [-0.2, 0) is 14.3 Å². The molecule has 1 aromatic heterocycles. The molecular formula is C21H25ClN4O7. The Kier molecular flexibility index (Phi) is 12.4. The van der Waals surface area contributed by atoms with Crippen LogP contribution in [0.1, 0.15) is 23.2 Å². The van der Waals surface area contributed by atoms with Gasteiger partial charge in [-0.2, -0.15) is 0 Å². The van der Waals surface area contributed by atoms with Gasteiger partial charge < -0.3 is 30.5 Å². The van der Waals surface area contributed by atoms with Crippen LogP contribution in [0.15, 0.2) is 42.6 Å². The van der Waals surface area contributed by atoms with Gasteiger partial charge in [0.2, 0.25) is 0 Å². The summed E-state index contributed by atoms with van der Waals surface area (Å²) in [6, 6.07) is 9.99. The molecule has 12 heteroatoms.